The molecule has 1 fully saturated rings. The van der Waals surface area contributed by atoms with Crippen molar-refractivity contribution in [1.82, 2.24) is 21.3 Å². The van der Waals surface area contributed by atoms with Crippen LogP contribution in [-0.4, -0.2) is 47.8 Å². The highest BCUT2D eigenvalue weighted by atomic mass is 16.2. The molecular formula is C28H38N4O4. The minimum Gasteiger partial charge on any atom is -0.351 e. The summed E-state index contributed by atoms with van der Waals surface area (Å²) in [5.74, 6) is -1.27. The van der Waals surface area contributed by atoms with Gasteiger partial charge in [0.05, 0.1) is 0 Å². The van der Waals surface area contributed by atoms with E-state index in [1.54, 1.807) is 6.92 Å². The van der Waals surface area contributed by atoms with Crippen LogP contribution in [0.25, 0.3) is 10.8 Å². The average molecular weight is 495 g/mol. The first-order valence-corrected chi connectivity index (χ1v) is 12.8. The summed E-state index contributed by atoms with van der Waals surface area (Å²) in [5.41, 5.74) is 0.931. The van der Waals surface area contributed by atoms with Crippen molar-refractivity contribution in [3.63, 3.8) is 0 Å². The fourth-order valence-electron chi connectivity index (χ4n) is 4.68. The smallest absolute Gasteiger partial charge is 0.243 e. The van der Waals surface area contributed by atoms with E-state index in [0.717, 1.165) is 16.3 Å². The zero-order valence-electron chi connectivity index (χ0n) is 21.6. The van der Waals surface area contributed by atoms with Gasteiger partial charge in [-0.2, -0.15) is 0 Å². The Labute approximate surface area is 213 Å². The molecule has 1 heterocycles. The second kappa shape index (κ2) is 12.5. The zero-order valence-corrected chi connectivity index (χ0v) is 21.6. The van der Waals surface area contributed by atoms with Crippen LogP contribution in [0.5, 0.6) is 0 Å². The maximum absolute atomic E-state index is 13.5. The molecule has 2 aromatic carbocycles. The Hall–Kier alpha value is -3.42. The Morgan fingerprint density at radius 3 is 2.22 bits per heavy atom. The van der Waals surface area contributed by atoms with Crippen LogP contribution >= 0.6 is 0 Å². The average Bonchev–Trinajstić information content (AvgIpc) is 2.82. The van der Waals surface area contributed by atoms with Gasteiger partial charge < -0.3 is 21.3 Å². The van der Waals surface area contributed by atoms with Crippen LogP contribution < -0.4 is 21.3 Å². The summed E-state index contributed by atoms with van der Waals surface area (Å²) in [7, 11) is 0. The number of amides is 4. The Morgan fingerprint density at radius 1 is 0.833 bits per heavy atom. The number of carbonyl (C=O) groups excluding carboxylic acids is 4. The lowest BCUT2D eigenvalue weighted by Crippen LogP contribution is -2.56. The summed E-state index contributed by atoms with van der Waals surface area (Å²) >= 11 is 0. The summed E-state index contributed by atoms with van der Waals surface area (Å²) in [4.78, 5) is 52.3. The van der Waals surface area contributed by atoms with Crippen LogP contribution in [0.15, 0.2) is 42.5 Å². The lowest BCUT2D eigenvalue weighted by atomic mass is 9.96. The van der Waals surface area contributed by atoms with Crippen molar-refractivity contribution < 1.29 is 19.2 Å². The van der Waals surface area contributed by atoms with Crippen molar-refractivity contribution in [2.24, 2.45) is 5.92 Å². The molecule has 0 unspecified atom stereocenters. The second-order valence-electron chi connectivity index (χ2n) is 10.1. The Morgan fingerprint density at radius 2 is 1.50 bits per heavy atom. The molecule has 4 N–H and O–H groups in total. The molecule has 1 saturated heterocycles. The van der Waals surface area contributed by atoms with Crippen LogP contribution in [0.4, 0.5) is 0 Å². The van der Waals surface area contributed by atoms with Gasteiger partial charge >= 0.3 is 0 Å². The number of hydrogen-bond donors (Lipinski definition) is 4. The zero-order chi connectivity index (χ0) is 26.2. The SMILES string of the molecule is CCC[C@@H]1NC(=O)[C@H](C)NC(=O)C[C@H](CC(C)C)NC(=O)[C@H](Cc2cccc3ccccc23)NC1=O. The summed E-state index contributed by atoms with van der Waals surface area (Å²) in [6.45, 7) is 7.55. The quantitative estimate of drug-likeness (QED) is 0.494. The van der Waals surface area contributed by atoms with Gasteiger partial charge in [0.2, 0.25) is 23.6 Å². The fraction of sp³-hybridized carbons (Fsp3) is 0.500. The van der Waals surface area contributed by atoms with Gasteiger partial charge in [-0.05, 0) is 42.0 Å². The van der Waals surface area contributed by atoms with Crippen LogP contribution in [-0.2, 0) is 25.6 Å². The summed E-state index contributed by atoms with van der Waals surface area (Å²) in [6, 6.07) is 10.9. The number of benzene rings is 2. The Kier molecular flexibility index (Phi) is 9.44. The number of fused-ring (bicyclic) bond motifs is 1. The van der Waals surface area contributed by atoms with E-state index in [-0.39, 0.29) is 30.6 Å². The van der Waals surface area contributed by atoms with Gasteiger partial charge in [0.25, 0.3) is 0 Å². The molecule has 2 aromatic rings. The van der Waals surface area contributed by atoms with Crippen molar-refractivity contribution in [2.75, 3.05) is 0 Å². The standard InChI is InChI=1S/C28H38N4O4/c1-5-9-23-27(35)32-24(15-20-12-8-11-19-10-6-7-13-22(19)20)28(36)30-21(14-17(2)3)16-25(33)29-18(4)26(34)31-23/h6-8,10-13,17-18,21,23-24H,5,9,14-16H2,1-4H3,(H,29,33)(H,30,36)(H,31,34)(H,32,35)/t18-,21-,23-,24-/m0/s1. The van der Waals surface area contributed by atoms with E-state index in [0.29, 0.717) is 19.3 Å². The molecule has 194 valence electrons. The first kappa shape index (κ1) is 27.2. The van der Waals surface area contributed by atoms with E-state index in [1.807, 2.05) is 63.2 Å². The molecule has 0 aromatic heterocycles. The summed E-state index contributed by atoms with van der Waals surface area (Å²) in [6.07, 6.45) is 2.00. The molecule has 1 aliphatic heterocycles. The highest BCUT2D eigenvalue weighted by Crippen LogP contribution is 2.20. The third-order valence-electron chi connectivity index (χ3n) is 6.45. The van der Waals surface area contributed by atoms with Gasteiger partial charge in [-0.3, -0.25) is 19.2 Å². The first-order chi connectivity index (χ1) is 17.2. The van der Waals surface area contributed by atoms with Crippen molar-refractivity contribution in [3.05, 3.63) is 48.0 Å². The molecule has 8 heteroatoms. The van der Waals surface area contributed by atoms with Crippen LogP contribution in [0.1, 0.15) is 58.9 Å². The van der Waals surface area contributed by atoms with Crippen molar-refractivity contribution in [2.45, 2.75) is 84.0 Å². The third kappa shape index (κ3) is 7.29. The van der Waals surface area contributed by atoms with E-state index >= 15 is 0 Å². The molecule has 1 aliphatic rings. The number of nitrogens with one attached hydrogen (secondary N) is 4. The molecule has 0 aliphatic carbocycles. The van der Waals surface area contributed by atoms with Crippen LogP contribution in [0.2, 0.25) is 0 Å². The van der Waals surface area contributed by atoms with Gasteiger partial charge in [0.15, 0.2) is 0 Å². The van der Waals surface area contributed by atoms with Crippen molar-refractivity contribution in [1.29, 1.82) is 0 Å². The van der Waals surface area contributed by atoms with E-state index in [1.165, 1.54) is 0 Å². The monoisotopic (exact) mass is 494 g/mol. The molecule has 3 rings (SSSR count). The van der Waals surface area contributed by atoms with Gasteiger partial charge in [0.1, 0.15) is 18.1 Å². The van der Waals surface area contributed by atoms with Crippen molar-refractivity contribution >= 4 is 34.4 Å². The maximum atomic E-state index is 13.5. The predicted octanol–water partition coefficient (Wildman–Crippen LogP) is 2.59. The van der Waals surface area contributed by atoms with E-state index < -0.39 is 36.0 Å². The maximum Gasteiger partial charge on any atom is 0.243 e. The Balaban J connectivity index is 1.97. The molecule has 4 amide bonds. The lowest BCUT2D eigenvalue weighted by Gasteiger charge is -2.26. The molecule has 36 heavy (non-hydrogen) atoms. The fourth-order valence-corrected chi connectivity index (χ4v) is 4.68. The van der Waals surface area contributed by atoms with Crippen LogP contribution in [0.3, 0.4) is 0 Å². The van der Waals surface area contributed by atoms with Crippen molar-refractivity contribution in [3.8, 4) is 0 Å². The van der Waals surface area contributed by atoms with Crippen LogP contribution in [0, 0.1) is 5.92 Å². The highest BCUT2D eigenvalue weighted by molar-refractivity contribution is 5.95. The van der Waals surface area contributed by atoms with Gasteiger partial charge in [-0.1, -0.05) is 69.7 Å². The molecule has 0 spiro atoms. The van der Waals surface area contributed by atoms with Gasteiger partial charge in [-0.15, -0.1) is 0 Å². The minimum atomic E-state index is -0.865. The first-order valence-electron chi connectivity index (χ1n) is 12.8. The molecule has 0 saturated carbocycles. The van der Waals surface area contributed by atoms with Gasteiger partial charge in [0, 0.05) is 18.9 Å². The molecule has 0 bridgehead atoms. The topological polar surface area (TPSA) is 116 Å². The normalized spacial score (nSPS) is 24.1. The van der Waals surface area contributed by atoms with E-state index in [2.05, 4.69) is 21.3 Å². The molecule has 8 nitrogen and oxygen atoms in total. The highest BCUT2D eigenvalue weighted by Gasteiger charge is 2.31. The lowest BCUT2D eigenvalue weighted by molar-refractivity contribution is -0.133. The van der Waals surface area contributed by atoms with E-state index in [4.69, 9.17) is 0 Å². The minimum absolute atomic E-state index is 0.0505. The van der Waals surface area contributed by atoms with E-state index in [9.17, 15) is 19.2 Å². The summed E-state index contributed by atoms with van der Waals surface area (Å²) in [5, 5.41) is 13.4. The number of hydrogen-bond acceptors (Lipinski definition) is 4. The number of carbonyl (C=O) groups is 4. The molecule has 0 radical (unpaired) electrons. The molecular weight excluding hydrogens is 456 g/mol. The summed E-state index contributed by atoms with van der Waals surface area (Å²) < 4.78 is 0. The van der Waals surface area contributed by atoms with Gasteiger partial charge in [-0.25, -0.2) is 0 Å². The molecule has 4 atom stereocenters. The predicted molar refractivity (Wildman–Crippen MR) is 140 cm³/mol. The number of rotatable bonds is 6. The second-order valence-corrected chi connectivity index (χ2v) is 10.1. The Bertz CT molecular complexity index is 1090. The third-order valence-corrected chi connectivity index (χ3v) is 6.45. The largest absolute Gasteiger partial charge is 0.351 e.